The number of hydrogen-bond acceptors (Lipinski definition) is 0. The summed E-state index contributed by atoms with van der Waals surface area (Å²) >= 11 is 0. The summed E-state index contributed by atoms with van der Waals surface area (Å²) in [6, 6.07) is 0. The van der Waals surface area contributed by atoms with E-state index in [0.29, 0.717) is 0 Å². The van der Waals surface area contributed by atoms with Gasteiger partial charge in [-0.2, -0.15) is 0 Å². The van der Waals surface area contributed by atoms with Gasteiger partial charge in [-0.25, -0.2) is 0 Å². The van der Waals surface area contributed by atoms with Gasteiger partial charge < -0.3 is 98.6 Å². The van der Waals surface area contributed by atoms with E-state index in [1.165, 1.54) is 0 Å². The van der Waals surface area contributed by atoms with Crippen LogP contribution >= 0.6 is 0 Å². The van der Waals surface area contributed by atoms with Crippen molar-refractivity contribution in [1.82, 2.24) is 0 Å². The summed E-state index contributed by atoms with van der Waals surface area (Å²) in [5.41, 5.74) is 0. The molecular weight excluding hydrogens is 791 g/mol. The monoisotopic (exact) mass is 828 g/mol. The predicted molar refractivity (Wildman–Crippen MR) is 65.0 cm³/mol. The molecule has 0 aromatic heterocycles. The van der Waals surface area contributed by atoms with Crippen molar-refractivity contribution in [3.05, 3.63) is 0 Å². The maximum atomic E-state index is 0. The van der Waals surface area contributed by atoms with E-state index in [-0.39, 0.29) is 252 Å². The Morgan fingerprint density at radius 2 is 0.0741 bits per heavy atom. The Hall–Kier alpha value is 3.96. The quantitative estimate of drug-likeness (QED) is 0.206. The molecule has 0 bridgehead atoms. The van der Waals surface area contributed by atoms with E-state index < -0.39 is 0 Å². The zero-order valence-electron chi connectivity index (χ0n) is 12.2. The first-order chi connectivity index (χ1) is 0. The van der Waals surface area contributed by atoms with Gasteiger partial charge in [0.05, 0.1) is 0 Å². The van der Waals surface area contributed by atoms with Crippen molar-refractivity contribution < 1.29 is 252 Å². The third-order valence-corrected chi connectivity index (χ3v) is 0. The van der Waals surface area contributed by atoms with Crippen LogP contribution in [0.2, 0.25) is 0 Å². The summed E-state index contributed by atoms with van der Waals surface area (Å²) in [5.74, 6) is 0. The molecule has 0 aromatic rings. The van der Waals surface area contributed by atoms with Crippen LogP contribution in [0.15, 0.2) is 0 Å². The molecule has 0 rings (SSSR count). The topological polar surface area (TPSA) is 567 Å². The smallest absolute Gasteiger partial charge is 0 e. The van der Waals surface area contributed by atoms with Gasteiger partial charge in [0.15, 0.2) is 0 Å². The Labute approximate surface area is 249 Å². The molecule has 27 heavy (non-hydrogen) atoms. The first kappa shape index (κ1) is 1780. The van der Waals surface area contributed by atoms with E-state index in [2.05, 4.69) is 0 Å². The predicted octanol–water partition coefficient (Wildman–Crippen LogP) is -14.9. The fourth-order valence-electron chi connectivity index (χ4n) is 0. The van der Waals surface area contributed by atoms with Crippen LogP contribution in [0.5, 0.6) is 0 Å². The first-order valence-electron chi connectivity index (χ1n) is 0. The molecule has 36 N–H and O–H groups in total. The molecule has 0 aliphatic heterocycles. The second-order valence-corrected chi connectivity index (χ2v) is 0. The molecule has 0 amide bonds. The minimum absolute atomic E-state index is 0. The van der Waals surface area contributed by atoms with Gasteiger partial charge in [0.25, 0.3) is 0 Å². The van der Waals surface area contributed by atoms with Gasteiger partial charge >= 0.3 is 0 Å². The molecule has 0 heterocycles. The summed E-state index contributed by atoms with van der Waals surface area (Å²) in [5, 5.41) is 0. The Morgan fingerprint density at radius 1 is 0.0741 bits per heavy atom. The van der Waals surface area contributed by atoms with Gasteiger partial charge in [-0.3, -0.25) is 0 Å². The van der Waals surface area contributed by atoms with Crippen LogP contribution in [0.3, 0.4) is 0 Å². The average Bonchev–Trinajstić information content (AvgIpc) is 0. The van der Waals surface area contributed by atoms with Crippen molar-refractivity contribution in [2.24, 2.45) is 0 Å². The third kappa shape index (κ3) is 1500. The maximum absolute atomic E-state index is 0. The molecule has 0 unspecified atom stereocenters. The zero-order valence-corrected chi connectivity index (χ0v) is 22.1. The van der Waals surface area contributed by atoms with E-state index in [0.717, 1.165) is 0 Å². The fraction of sp³-hybridized carbons (Fsp3) is 0. The van der Waals surface area contributed by atoms with E-state index in [1.807, 2.05) is 0 Å². The number of hydrogen-bond donors (Lipinski definition) is 0. The van der Waals surface area contributed by atoms with Gasteiger partial charge in [-0.1, -0.05) is 0 Å². The Balaban J connectivity index is 0. The van der Waals surface area contributed by atoms with Crippen LogP contribution in [0.4, 0.5) is 0 Å². The van der Waals surface area contributed by atoms with Gasteiger partial charge in [0.2, 0.25) is 0 Å². The third-order valence-electron chi connectivity index (χ3n) is 0. The van der Waals surface area contributed by atoms with Crippen LogP contribution in [0, 0.1) is 0 Å². The summed E-state index contributed by atoms with van der Waals surface area (Å²) in [6.07, 6.45) is 0. The van der Waals surface area contributed by atoms with Crippen molar-refractivity contribution in [3.63, 3.8) is 0 Å². The second kappa shape index (κ2) is 1610. The van der Waals surface area contributed by atoms with Crippen LogP contribution < -0.4 is 0 Å². The van der Waals surface area contributed by atoms with Crippen molar-refractivity contribution in [2.45, 2.75) is 0 Å². The molecule has 27 heteroatoms. The Bertz CT molecular complexity index is 24.8. The van der Waals surface area contributed by atoms with Gasteiger partial charge in [0, 0.05) is 154 Å². The van der Waals surface area contributed by atoms with E-state index in [9.17, 15) is 0 Å². The molecular formula is H36Fe9O18. The van der Waals surface area contributed by atoms with Gasteiger partial charge in [-0.15, -0.1) is 0 Å². The van der Waals surface area contributed by atoms with E-state index >= 15 is 0 Å². The average molecular weight is 827 g/mol. The zero-order chi connectivity index (χ0) is 0. The molecule has 0 aromatic carbocycles. The van der Waals surface area contributed by atoms with Crippen LogP contribution in [-0.2, 0) is 154 Å². The van der Waals surface area contributed by atoms with Crippen LogP contribution in [0.1, 0.15) is 0 Å². The van der Waals surface area contributed by atoms with Crippen LogP contribution in [-0.4, -0.2) is 98.6 Å². The summed E-state index contributed by atoms with van der Waals surface area (Å²) in [7, 11) is 0. The molecule has 0 radical (unpaired) electrons. The summed E-state index contributed by atoms with van der Waals surface area (Å²) in [6.45, 7) is 0. The molecule has 0 fully saturated rings. The Morgan fingerprint density at radius 3 is 0.0741 bits per heavy atom. The summed E-state index contributed by atoms with van der Waals surface area (Å²) < 4.78 is 0. The maximum Gasteiger partial charge on any atom is 0 e. The minimum Gasteiger partial charge on any atom is -0.412 e. The second-order valence-electron chi connectivity index (χ2n) is 0. The molecule has 216 valence electrons. The molecule has 0 atom stereocenters. The standard InChI is InChI=1S/9Fe.18H2O/h;;;;;;;;;18*1H2. The normalized spacial score (nSPS) is 0. The fourth-order valence-corrected chi connectivity index (χ4v) is 0. The van der Waals surface area contributed by atoms with Crippen molar-refractivity contribution in [3.8, 4) is 0 Å². The largest absolute Gasteiger partial charge is 0.412 e. The molecule has 0 saturated carbocycles. The van der Waals surface area contributed by atoms with Gasteiger partial charge in [0.1, 0.15) is 0 Å². The Kier molecular flexibility index (Phi) is 106000. The molecule has 0 spiro atoms. The molecule has 18 nitrogen and oxygen atoms in total. The van der Waals surface area contributed by atoms with Crippen LogP contribution in [0.25, 0.3) is 0 Å². The number of rotatable bonds is 0. The summed E-state index contributed by atoms with van der Waals surface area (Å²) in [4.78, 5) is 0. The first-order valence-corrected chi connectivity index (χ1v) is 0. The van der Waals surface area contributed by atoms with Crippen molar-refractivity contribution in [1.29, 1.82) is 0 Å². The molecule has 0 aliphatic rings. The minimum atomic E-state index is 0. The molecule has 0 aliphatic carbocycles. The van der Waals surface area contributed by atoms with E-state index in [1.54, 1.807) is 0 Å². The van der Waals surface area contributed by atoms with Crippen molar-refractivity contribution in [2.75, 3.05) is 0 Å². The molecule has 0 saturated heterocycles. The van der Waals surface area contributed by atoms with Crippen molar-refractivity contribution >= 4 is 0 Å². The van der Waals surface area contributed by atoms with E-state index in [4.69, 9.17) is 0 Å². The van der Waals surface area contributed by atoms with Gasteiger partial charge in [-0.05, 0) is 0 Å². The SMILES string of the molecule is O.O.O.O.O.O.O.O.O.O.O.O.O.O.O.O.O.O.[Fe].[Fe].[Fe].[Fe].[Fe].[Fe].[Fe].[Fe].[Fe].